The lowest BCUT2D eigenvalue weighted by molar-refractivity contribution is 0.387. The van der Waals surface area contributed by atoms with Gasteiger partial charge in [0.2, 0.25) is 0 Å². The molecular formula is C6H12O. The van der Waals surface area contributed by atoms with Crippen molar-refractivity contribution in [3.63, 3.8) is 0 Å². The highest BCUT2D eigenvalue weighted by molar-refractivity contribution is 4.99. The highest BCUT2D eigenvalue weighted by atomic mass is 16.3. The molecule has 0 amide bonds. The third kappa shape index (κ3) is 2.26. The summed E-state index contributed by atoms with van der Waals surface area (Å²) >= 11 is 0. The first kappa shape index (κ1) is 6.54. The summed E-state index contributed by atoms with van der Waals surface area (Å²) in [5, 5.41) is 8.81. The average Bonchev–Trinajstić information content (AvgIpc) is 1.65. The summed E-state index contributed by atoms with van der Waals surface area (Å²) in [5.41, 5.74) is 1.02. The van der Waals surface area contributed by atoms with Gasteiger partial charge in [-0.1, -0.05) is 6.92 Å². The van der Waals surface area contributed by atoms with E-state index in [1.54, 1.807) is 0 Å². The lowest BCUT2D eigenvalue weighted by Crippen LogP contribution is -1.78. The first-order chi connectivity index (χ1) is 3.18. The number of allylic oxidation sites excluding steroid dienone is 2. The number of hydrogen-bond acceptors (Lipinski definition) is 1. The molecule has 0 saturated heterocycles. The fourth-order valence-electron chi connectivity index (χ4n) is 0.354. The number of aliphatic hydroxyl groups excluding tert-OH is 1. The molecule has 0 aromatic rings. The molecule has 0 aromatic carbocycles. The van der Waals surface area contributed by atoms with Gasteiger partial charge in [0, 0.05) is 6.42 Å². The topological polar surface area (TPSA) is 20.2 Å². The van der Waals surface area contributed by atoms with Crippen molar-refractivity contribution >= 4 is 0 Å². The molecule has 0 atom stereocenters. The van der Waals surface area contributed by atoms with Gasteiger partial charge >= 0.3 is 0 Å². The molecule has 1 heteroatoms. The van der Waals surface area contributed by atoms with Crippen molar-refractivity contribution in [2.45, 2.75) is 27.2 Å². The molecule has 0 unspecified atom stereocenters. The minimum atomic E-state index is 0.514. The Balaban J connectivity index is 3.72. The summed E-state index contributed by atoms with van der Waals surface area (Å²) in [6.45, 7) is 5.74. The van der Waals surface area contributed by atoms with Crippen LogP contribution in [-0.4, -0.2) is 5.11 Å². The smallest absolute Gasteiger partial charge is 0.0906 e. The maximum atomic E-state index is 8.81. The third-order valence-electron chi connectivity index (χ3n) is 0.912. The molecule has 0 rings (SSSR count). The van der Waals surface area contributed by atoms with Crippen LogP contribution in [0.5, 0.6) is 0 Å². The number of hydrogen-bond donors (Lipinski definition) is 1. The van der Waals surface area contributed by atoms with Crippen molar-refractivity contribution in [2.24, 2.45) is 0 Å². The van der Waals surface area contributed by atoms with Crippen LogP contribution in [0.4, 0.5) is 0 Å². The summed E-state index contributed by atoms with van der Waals surface area (Å²) in [4.78, 5) is 0. The average molecular weight is 100 g/mol. The van der Waals surface area contributed by atoms with E-state index in [-0.39, 0.29) is 0 Å². The second-order valence-electron chi connectivity index (χ2n) is 1.80. The first-order valence-corrected chi connectivity index (χ1v) is 2.53. The third-order valence-corrected chi connectivity index (χ3v) is 0.912. The molecule has 0 aliphatic rings. The zero-order valence-electron chi connectivity index (χ0n) is 5.15. The largest absolute Gasteiger partial charge is 0.512 e. The van der Waals surface area contributed by atoms with Gasteiger partial charge in [0.15, 0.2) is 0 Å². The van der Waals surface area contributed by atoms with E-state index in [1.807, 2.05) is 20.8 Å². The summed E-state index contributed by atoms with van der Waals surface area (Å²) in [7, 11) is 0. The fraction of sp³-hybridized carbons (Fsp3) is 0.667. The van der Waals surface area contributed by atoms with E-state index < -0.39 is 0 Å². The SMILES string of the molecule is CCC(O)=C(C)C. The molecule has 42 valence electrons. The molecule has 0 bridgehead atoms. The zero-order valence-corrected chi connectivity index (χ0v) is 5.15. The van der Waals surface area contributed by atoms with Crippen LogP contribution in [0.1, 0.15) is 27.2 Å². The van der Waals surface area contributed by atoms with E-state index in [0.717, 1.165) is 12.0 Å². The lowest BCUT2D eigenvalue weighted by atomic mass is 10.2. The van der Waals surface area contributed by atoms with E-state index in [9.17, 15) is 0 Å². The molecule has 0 spiro atoms. The lowest BCUT2D eigenvalue weighted by Gasteiger charge is -1.93. The maximum absolute atomic E-state index is 8.81. The van der Waals surface area contributed by atoms with Gasteiger partial charge in [0.05, 0.1) is 5.76 Å². The van der Waals surface area contributed by atoms with Crippen LogP contribution in [0.3, 0.4) is 0 Å². The maximum Gasteiger partial charge on any atom is 0.0906 e. The molecule has 0 fully saturated rings. The van der Waals surface area contributed by atoms with E-state index in [0.29, 0.717) is 5.76 Å². The van der Waals surface area contributed by atoms with Crippen LogP contribution in [0.25, 0.3) is 0 Å². The second kappa shape index (κ2) is 2.67. The fourth-order valence-corrected chi connectivity index (χ4v) is 0.354. The van der Waals surface area contributed by atoms with Crippen LogP contribution in [0.15, 0.2) is 11.3 Å². The molecule has 0 aliphatic heterocycles. The van der Waals surface area contributed by atoms with Gasteiger partial charge in [-0.05, 0) is 19.4 Å². The molecule has 1 nitrogen and oxygen atoms in total. The highest BCUT2D eigenvalue weighted by Gasteiger charge is 1.86. The standard InChI is InChI=1S/C6H12O/c1-4-6(7)5(2)3/h7H,4H2,1-3H3. The quantitative estimate of drug-likeness (QED) is 0.501. The molecule has 0 radical (unpaired) electrons. The monoisotopic (exact) mass is 100 g/mol. The Morgan fingerprint density at radius 2 is 1.86 bits per heavy atom. The summed E-state index contributed by atoms with van der Waals surface area (Å²) in [5.74, 6) is 0.514. The summed E-state index contributed by atoms with van der Waals surface area (Å²) in [6, 6.07) is 0. The van der Waals surface area contributed by atoms with E-state index >= 15 is 0 Å². The number of rotatable bonds is 1. The Morgan fingerprint density at radius 1 is 1.43 bits per heavy atom. The van der Waals surface area contributed by atoms with Gasteiger partial charge in [-0.2, -0.15) is 0 Å². The predicted octanol–water partition coefficient (Wildman–Crippen LogP) is 2.25. The van der Waals surface area contributed by atoms with Crippen LogP contribution < -0.4 is 0 Å². The Hall–Kier alpha value is -0.460. The van der Waals surface area contributed by atoms with Gasteiger partial charge in [-0.25, -0.2) is 0 Å². The van der Waals surface area contributed by atoms with Crippen LogP contribution >= 0.6 is 0 Å². The zero-order chi connectivity index (χ0) is 5.86. The van der Waals surface area contributed by atoms with Crippen molar-refractivity contribution in [1.29, 1.82) is 0 Å². The molecule has 1 N–H and O–H groups in total. The van der Waals surface area contributed by atoms with Gasteiger partial charge in [0.25, 0.3) is 0 Å². The van der Waals surface area contributed by atoms with Crippen molar-refractivity contribution in [2.75, 3.05) is 0 Å². The van der Waals surface area contributed by atoms with Gasteiger partial charge in [-0.15, -0.1) is 0 Å². The Morgan fingerprint density at radius 3 is 1.86 bits per heavy atom. The number of aliphatic hydroxyl groups is 1. The molecule has 0 aliphatic carbocycles. The minimum absolute atomic E-state index is 0.514. The summed E-state index contributed by atoms with van der Waals surface area (Å²) in [6.07, 6.45) is 0.752. The van der Waals surface area contributed by atoms with Gasteiger partial charge < -0.3 is 5.11 Å². The first-order valence-electron chi connectivity index (χ1n) is 2.53. The highest BCUT2D eigenvalue weighted by Crippen LogP contribution is 2.00. The normalized spacial score (nSPS) is 8.43. The van der Waals surface area contributed by atoms with Crippen molar-refractivity contribution in [3.05, 3.63) is 11.3 Å². The minimum Gasteiger partial charge on any atom is -0.512 e. The van der Waals surface area contributed by atoms with E-state index in [1.165, 1.54) is 0 Å². The van der Waals surface area contributed by atoms with E-state index in [4.69, 9.17) is 5.11 Å². The van der Waals surface area contributed by atoms with Crippen LogP contribution in [0, 0.1) is 0 Å². The molecule has 0 heterocycles. The van der Waals surface area contributed by atoms with Gasteiger partial charge in [0.1, 0.15) is 0 Å². The Kier molecular flexibility index (Phi) is 2.49. The molecule has 0 aromatic heterocycles. The Labute approximate surface area is 44.7 Å². The van der Waals surface area contributed by atoms with Crippen LogP contribution in [-0.2, 0) is 0 Å². The van der Waals surface area contributed by atoms with Crippen molar-refractivity contribution in [3.8, 4) is 0 Å². The van der Waals surface area contributed by atoms with Gasteiger partial charge in [-0.3, -0.25) is 0 Å². The predicted molar refractivity (Wildman–Crippen MR) is 31.3 cm³/mol. The van der Waals surface area contributed by atoms with E-state index in [2.05, 4.69) is 0 Å². The molecule has 7 heavy (non-hydrogen) atoms. The second-order valence-corrected chi connectivity index (χ2v) is 1.80. The van der Waals surface area contributed by atoms with Crippen molar-refractivity contribution < 1.29 is 5.11 Å². The summed E-state index contributed by atoms with van der Waals surface area (Å²) < 4.78 is 0. The Bertz CT molecular complexity index is 78.2. The van der Waals surface area contributed by atoms with Crippen molar-refractivity contribution in [1.82, 2.24) is 0 Å². The molecular weight excluding hydrogens is 88.1 g/mol. The molecule has 0 saturated carbocycles. The van der Waals surface area contributed by atoms with Crippen LogP contribution in [0.2, 0.25) is 0 Å².